The van der Waals surface area contributed by atoms with Crippen LogP contribution in [0.1, 0.15) is 47.0 Å². The molecule has 0 N–H and O–H groups in total. The van der Waals surface area contributed by atoms with Crippen molar-refractivity contribution in [3.63, 3.8) is 0 Å². The van der Waals surface area contributed by atoms with Crippen molar-refractivity contribution < 1.29 is 0 Å². The highest BCUT2D eigenvalue weighted by Gasteiger charge is 2.34. The molecule has 0 aliphatic carbocycles. The molecule has 2 aliphatic heterocycles. The normalized spacial score (nSPS) is 34.4. The van der Waals surface area contributed by atoms with E-state index in [1.165, 1.54) is 42.3 Å². The molecule has 4 heteroatoms. The van der Waals surface area contributed by atoms with Gasteiger partial charge in [0, 0.05) is 11.5 Å². The fourth-order valence-corrected chi connectivity index (χ4v) is 9.21. The van der Waals surface area contributed by atoms with E-state index in [4.69, 9.17) is 0 Å². The van der Waals surface area contributed by atoms with E-state index in [1.54, 1.807) is 0 Å². The summed E-state index contributed by atoms with van der Waals surface area (Å²) >= 11 is 8.86. The summed E-state index contributed by atoms with van der Waals surface area (Å²) in [5.74, 6) is 7.24. The van der Waals surface area contributed by atoms with E-state index < -0.39 is 0 Å². The van der Waals surface area contributed by atoms with Crippen molar-refractivity contribution >= 4 is 47.0 Å². The maximum Gasteiger partial charge on any atom is 0.0527 e. The summed E-state index contributed by atoms with van der Waals surface area (Å²) < 4.78 is 1.71. The van der Waals surface area contributed by atoms with Crippen molar-refractivity contribution in [1.82, 2.24) is 0 Å². The molecule has 2 fully saturated rings. The van der Waals surface area contributed by atoms with E-state index in [-0.39, 0.29) is 0 Å². The zero-order valence-electron chi connectivity index (χ0n) is 13.4. The van der Waals surface area contributed by atoms with Crippen LogP contribution in [0.3, 0.4) is 0 Å². The highest BCUT2D eigenvalue weighted by atomic mass is 32.2. The van der Waals surface area contributed by atoms with Crippen LogP contribution in [0.5, 0.6) is 0 Å². The quantitative estimate of drug-likeness (QED) is 0.590. The molecule has 2 rings (SSSR count). The van der Waals surface area contributed by atoms with Crippen LogP contribution in [-0.4, -0.2) is 32.2 Å². The molecular formula is C16H30S4. The molecule has 2 aliphatic rings. The fraction of sp³-hybridized carbons (Fsp3) is 1.00. The standard InChI is InChI=1S/C16H30S4/c1-12(2)14-19-10-16(4,11-20-14)7-6-13(3)15-17-8-5-9-18-15/h12-15H,5-11H2,1-4H3. The van der Waals surface area contributed by atoms with Crippen molar-refractivity contribution in [3.05, 3.63) is 0 Å². The Bertz CT molecular complexity index is 278. The molecular weight excluding hydrogens is 320 g/mol. The second-order valence-electron chi connectivity index (χ2n) is 7.02. The molecule has 118 valence electrons. The van der Waals surface area contributed by atoms with E-state index in [2.05, 4.69) is 74.7 Å². The van der Waals surface area contributed by atoms with Gasteiger partial charge in [0.1, 0.15) is 0 Å². The predicted octanol–water partition coefficient (Wildman–Crippen LogP) is 6.07. The molecule has 0 aromatic carbocycles. The minimum absolute atomic E-state index is 0.582. The van der Waals surface area contributed by atoms with Gasteiger partial charge in [-0.1, -0.05) is 27.7 Å². The van der Waals surface area contributed by atoms with Gasteiger partial charge in [-0.2, -0.15) is 0 Å². The number of hydrogen-bond acceptors (Lipinski definition) is 4. The maximum atomic E-state index is 2.53. The topological polar surface area (TPSA) is 0 Å². The number of thioether (sulfide) groups is 4. The van der Waals surface area contributed by atoms with Gasteiger partial charge < -0.3 is 0 Å². The second kappa shape index (κ2) is 8.31. The van der Waals surface area contributed by atoms with E-state index in [0.29, 0.717) is 5.41 Å². The van der Waals surface area contributed by atoms with Gasteiger partial charge in [-0.25, -0.2) is 0 Å². The summed E-state index contributed by atoms with van der Waals surface area (Å²) in [6.45, 7) is 9.75. The van der Waals surface area contributed by atoms with Crippen molar-refractivity contribution in [1.29, 1.82) is 0 Å². The van der Waals surface area contributed by atoms with Gasteiger partial charge in [-0.15, -0.1) is 47.0 Å². The first-order valence-electron chi connectivity index (χ1n) is 7.97. The first kappa shape index (κ1) is 17.7. The zero-order chi connectivity index (χ0) is 14.6. The monoisotopic (exact) mass is 350 g/mol. The molecule has 2 saturated heterocycles. The smallest absolute Gasteiger partial charge is 0.0527 e. The Kier molecular flexibility index (Phi) is 7.37. The summed E-state index contributed by atoms with van der Waals surface area (Å²) in [5, 5.41) is 0. The third-order valence-electron chi connectivity index (χ3n) is 4.26. The van der Waals surface area contributed by atoms with E-state index >= 15 is 0 Å². The third kappa shape index (κ3) is 5.24. The number of hydrogen-bond donors (Lipinski definition) is 0. The summed E-state index contributed by atoms with van der Waals surface area (Å²) in [7, 11) is 0. The van der Waals surface area contributed by atoms with Crippen LogP contribution in [-0.2, 0) is 0 Å². The Morgan fingerprint density at radius 3 is 2.10 bits per heavy atom. The Morgan fingerprint density at radius 1 is 0.950 bits per heavy atom. The first-order valence-corrected chi connectivity index (χ1v) is 12.2. The van der Waals surface area contributed by atoms with Crippen LogP contribution in [0.4, 0.5) is 0 Å². The van der Waals surface area contributed by atoms with E-state index in [0.717, 1.165) is 21.0 Å². The van der Waals surface area contributed by atoms with Gasteiger partial charge in [0.05, 0.1) is 9.16 Å². The van der Waals surface area contributed by atoms with Crippen molar-refractivity contribution in [2.24, 2.45) is 17.3 Å². The molecule has 0 amide bonds. The minimum Gasteiger partial charge on any atom is -0.147 e. The van der Waals surface area contributed by atoms with Crippen LogP contribution in [0.15, 0.2) is 0 Å². The summed E-state index contributed by atoms with van der Waals surface area (Å²) in [6.07, 6.45) is 4.27. The summed E-state index contributed by atoms with van der Waals surface area (Å²) in [4.78, 5) is 0. The minimum atomic E-state index is 0.582. The lowest BCUT2D eigenvalue weighted by molar-refractivity contribution is 0.349. The highest BCUT2D eigenvalue weighted by Crippen LogP contribution is 2.47. The van der Waals surface area contributed by atoms with Gasteiger partial charge in [0.15, 0.2) is 0 Å². The Labute approximate surface area is 143 Å². The van der Waals surface area contributed by atoms with Crippen LogP contribution >= 0.6 is 47.0 Å². The molecule has 0 spiro atoms. The van der Waals surface area contributed by atoms with Gasteiger partial charge in [-0.3, -0.25) is 0 Å². The summed E-state index contributed by atoms with van der Waals surface area (Å²) in [5.41, 5.74) is 0.582. The van der Waals surface area contributed by atoms with Crippen LogP contribution in [0.2, 0.25) is 0 Å². The Morgan fingerprint density at radius 2 is 1.55 bits per heavy atom. The summed E-state index contributed by atoms with van der Waals surface area (Å²) in [6, 6.07) is 0. The molecule has 0 nitrogen and oxygen atoms in total. The largest absolute Gasteiger partial charge is 0.147 e. The second-order valence-corrected chi connectivity index (χ2v) is 12.4. The lowest BCUT2D eigenvalue weighted by Crippen LogP contribution is -2.31. The van der Waals surface area contributed by atoms with Gasteiger partial charge in [0.25, 0.3) is 0 Å². The van der Waals surface area contributed by atoms with Crippen LogP contribution in [0.25, 0.3) is 0 Å². The van der Waals surface area contributed by atoms with Crippen molar-refractivity contribution in [3.8, 4) is 0 Å². The maximum absolute atomic E-state index is 2.53. The molecule has 0 aromatic heterocycles. The highest BCUT2D eigenvalue weighted by molar-refractivity contribution is 8.18. The van der Waals surface area contributed by atoms with Crippen molar-refractivity contribution in [2.75, 3.05) is 23.0 Å². The fourth-order valence-electron chi connectivity index (χ4n) is 2.73. The molecule has 0 aromatic rings. The lowest BCUT2D eigenvalue weighted by Gasteiger charge is -2.39. The molecule has 2 heterocycles. The lowest BCUT2D eigenvalue weighted by atomic mass is 9.87. The van der Waals surface area contributed by atoms with E-state index in [9.17, 15) is 0 Å². The predicted molar refractivity (Wildman–Crippen MR) is 103 cm³/mol. The Balaban J connectivity index is 1.72. The molecule has 0 saturated carbocycles. The van der Waals surface area contributed by atoms with Crippen molar-refractivity contribution in [2.45, 2.75) is 56.1 Å². The Hall–Kier alpha value is 1.40. The van der Waals surface area contributed by atoms with E-state index in [1.807, 2.05) is 0 Å². The number of rotatable bonds is 5. The van der Waals surface area contributed by atoms with Gasteiger partial charge in [-0.05, 0) is 48.0 Å². The molecule has 0 radical (unpaired) electrons. The third-order valence-corrected chi connectivity index (χ3v) is 12.0. The molecule has 1 atom stereocenters. The van der Waals surface area contributed by atoms with Crippen LogP contribution < -0.4 is 0 Å². The molecule has 20 heavy (non-hydrogen) atoms. The SMILES string of the molecule is CC(C)C1SCC(C)(CCC(C)C2SCCCS2)CS1. The average Bonchev–Trinajstić information content (AvgIpc) is 2.46. The van der Waals surface area contributed by atoms with Gasteiger partial charge >= 0.3 is 0 Å². The first-order chi connectivity index (χ1) is 9.50. The zero-order valence-corrected chi connectivity index (χ0v) is 16.7. The average molecular weight is 351 g/mol. The van der Waals surface area contributed by atoms with Crippen LogP contribution in [0, 0.1) is 17.3 Å². The van der Waals surface area contributed by atoms with Gasteiger partial charge in [0.2, 0.25) is 0 Å². The molecule has 1 unspecified atom stereocenters. The molecule has 0 bridgehead atoms.